The predicted molar refractivity (Wildman–Crippen MR) is 143 cm³/mol. The Morgan fingerprint density at radius 2 is 1.69 bits per heavy atom. The summed E-state index contributed by atoms with van der Waals surface area (Å²) in [6, 6.07) is 21.3. The largest absolute Gasteiger partial charge is 0.486 e. The number of sulfonamides is 1. The van der Waals surface area contributed by atoms with Crippen LogP contribution in [0.3, 0.4) is 0 Å². The van der Waals surface area contributed by atoms with Gasteiger partial charge in [-0.25, -0.2) is 8.42 Å². The van der Waals surface area contributed by atoms with Crippen LogP contribution < -0.4 is 19.1 Å². The van der Waals surface area contributed by atoms with E-state index in [1.54, 1.807) is 36.4 Å². The van der Waals surface area contributed by atoms with Gasteiger partial charge in [-0.1, -0.05) is 42.5 Å². The summed E-state index contributed by atoms with van der Waals surface area (Å²) in [4.78, 5) is 12.9. The molecule has 3 aromatic rings. The summed E-state index contributed by atoms with van der Waals surface area (Å²) in [5.74, 6) is 2.46. The Morgan fingerprint density at radius 1 is 0.972 bits per heavy atom. The molecule has 7 nitrogen and oxygen atoms in total. The van der Waals surface area contributed by atoms with Crippen molar-refractivity contribution in [2.24, 2.45) is 0 Å². The average Bonchev–Trinajstić information content (AvgIpc) is 2.90. The second-order valence-corrected chi connectivity index (χ2v) is 11.3. The van der Waals surface area contributed by atoms with Gasteiger partial charge in [0.05, 0.1) is 10.6 Å². The van der Waals surface area contributed by atoms with E-state index in [0.29, 0.717) is 36.9 Å². The molecule has 0 bridgehead atoms. The summed E-state index contributed by atoms with van der Waals surface area (Å²) in [6.07, 6.45) is 0.789. The average molecular weight is 527 g/mol. The van der Waals surface area contributed by atoms with Crippen LogP contribution in [-0.2, 0) is 20.6 Å². The lowest BCUT2D eigenvalue weighted by Gasteiger charge is -2.26. The van der Waals surface area contributed by atoms with Crippen LogP contribution >= 0.6 is 11.8 Å². The number of hydrogen-bond acceptors (Lipinski definition) is 6. The Bertz CT molecular complexity index is 1280. The second kappa shape index (κ2) is 12.2. The molecule has 0 saturated carbocycles. The van der Waals surface area contributed by atoms with Gasteiger partial charge in [0.2, 0.25) is 5.91 Å². The number of amides is 1. The Balaban J connectivity index is 1.38. The van der Waals surface area contributed by atoms with Crippen LogP contribution in [0.4, 0.5) is 5.69 Å². The van der Waals surface area contributed by atoms with Gasteiger partial charge in [0.15, 0.2) is 11.5 Å². The van der Waals surface area contributed by atoms with Gasteiger partial charge in [-0.3, -0.25) is 9.10 Å². The number of nitrogens with zero attached hydrogens (tertiary/aromatic N) is 1. The lowest BCUT2D eigenvalue weighted by molar-refractivity contribution is -0.119. The maximum atomic E-state index is 13.5. The SMILES string of the molecule is Cc1ccccc1CSCCCNC(=O)CN(c1ccc2c(c1)OCCO2)S(=O)(=O)c1ccccc1. The maximum Gasteiger partial charge on any atom is 0.264 e. The number of thioether (sulfide) groups is 1. The van der Waals surface area contributed by atoms with Crippen molar-refractivity contribution in [2.75, 3.05) is 36.4 Å². The molecule has 3 aromatic carbocycles. The molecule has 1 aliphatic heterocycles. The number of benzene rings is 3. The molecule has 1 amide bonds. The zero-order valence-corrected chi connectivity index (χ0v) is 21.8. The monoisotopic (exact) mass is 526 g/mol. The van der Waals surface area contributed by atoms with Crippen LogP contribution in [0, 0.1) is 6.92 Å². The smallest absolute Gasteiger partial charge is 0.264 e. The van der Waals surface area contributed by atoms with Crippen molar-refractivity contribution in [2.45, 2.75) is 24.0 Å². The molecule has 0 spiro atoms. The first-order valence-corrected chi connectivity index (χ1v) is 14.4. The van der Waals surface area contributed by atoms with E-state index in [9.17, 15) is 13.2 Å². The number of carbonyl (C=O) groups excluding carboxylic acids is 1. The highest BCUT2D eigenvalue weighted by atomic mass is 32.2. The lowest BCUT2D eigenvalue weighted by Crippen LogP contribution is -2.41. The van der Waals surface area contributed by atoms with E-state index in [-0.39, 0.29) is 17.3 Å². The van der Waals surface area contributed by atoms with Crippen LogP contribution in [0.15, 0.2) is 77.7 Å². The number of rotatable bonds is 11. The summed E-state index contributed by atoms with van der Waals surface area (Å²) < 4.78 is 39.3. The standard InChI is InChI=1S/C27H30N2O5S2/c1-21-8-5-6-9-22(21)20-35-17-7-14-28-27(30)19-29(36(31,32)24-10-3-2-4-11-24)23-12-13-25-26(18-23)34-16-15-33-25/h2-6,8-13,18H,7,14-17,19-20H2,1H3,(H,28,30). The van der Waals surface area contributed by atoms with E-state index in [0.717, 1.165) is 22.2 Å². The second-order valence-electron chi connectivity index (χ2n) is 8.34. The topological polar surface area (TPSA) is 84.9 Å². The van der Waals surface area contributed by atoms with E-state index in [1.165, 1.54) is 23.3 Å². The summed E-state index contributed by atoms with van der Waals surface area (Å²) in [6.45, 7) is 3.05. The van der Waals surface area contributed by atoms with Crippen LogP contribution in [0.1, 0.15) is 17.5 Å². The van der Waals surface area contributed by atoms with Crippen LogP contribution in [0.2, 0.25) is 0 Å². The van der Waals surface area contributed by atoms with Crippen molar-refractivity contribution in [3.63, 3.8) is 0 Å². The molecule has 36 heavy (non-hydrogen) atoms. The Hall–Kier alpha value is -3.17. The van der Waals surface area contributed by atoms with E-state index in [2.05, 4.69) is 24.4 Å². The molecule has 190 valence electrons. The Kier molecular flexibility index (Phi) is 8.77. The van der Waals surface area contributed by atoms with Crippen molar-refractivity contribution in [1.29, 1.82) is 0 Å². The summed E-state index contributed by atoms with van der Waals surface area (Å²) in [5.41, 5.74) is 2.93. The van der Waals surface area contributed by atoms with Crippen molar-refractivity contribution in [3.8, 4) is 11.5 Å². The normalized spacial score (nSPS) is 12.7. The van der Waals surface area contributed by atoms with E-state index in [4.69, 9.17) is 9.47 Å². The highest BCUT2D eigenvalue weighted by Gasteiger charge is 2.28. The molecular weight excluding hydrogens is 496 g/mol. The number of nitrogens with one attached hydrogen (secondary N) is 1. The van der Waals surface area contributed by atoms with Gasteiger partial charge in [0, 0.05) is 18.4 Å². The number of hydrogen-bond donors (Lipinski definition) is 1. The number of fused-ring (bicyclic) bond motifs is 1. The molecule has 0 fully saturated rings. The predicted octanol–water partition coefficient (Wildman–Crippen LogP) is 4.40. The van der Waals surface area contributed by atoms with Gasteiger partial charge in [0.25, 0.3) is 10.0 Å². The summed E-state index contributed by atoms with van der Waals surface area (Å²) in [7, 11) is -3.98. The molecule has 1 heterocycles. The minimum Gasteiger partial charge on any atom is -0.486 e. The third-order valence-corrected chi connectivity index (χ3v) is 8.62. The summed E-state index contributed by atoms with van der Waals surface area (Å²) in [5, 5.41) is 2.86. The maximum absolute atomic E-state index is 13.5. The van der Waals surface area contributed by atoms with Crippen molar-refractivity contribution in [3.05, 3.63) is 83.9 Å². The first-order chi connectivity index (χ1) is 17.4. The molecule has 4 rings (SSSR count). The zero-order chi connectivity index (χ0) is 25.4. The molecule has 1 N–H and O–H groups in total. The fraction of sp³-hybridized carbons (Fsp3) is 0.296. The fourth-order valence-electron chi connectivity index (χ4n) is 3.76. The van der Waals surface area contributed by atoms with Gasteiger partial charge in [-0.05, 0) is 54.5 Å². The molecule has 9 heteroatoms. The van der Waals surface area contributed by atoms with Gasteiger partial charge in [-0.2, -0.15) is 11.8 Å². The first-order valence-electron chi connectivity index (χ1n) is 11.8. The third-order valence-electron chi connectivity index (χ3n) is 5.74. The van der Waals surface area contributed by atoms with Crippen LogP contribution in [-0.4, -0.2) is 46.4 Å². The molecule has 1 aliphatic rings. The summed E-state index contributed by atoms with van der Waals surface area (Å²) >= 11 is 1.81. The van der Waals surface area contributed by atoms with Gasteiger partial charge in [-0.15, -0.1) is 0 Å². The molecule has 0 aliphatic carbocycles. The molecule has 0 atom stereocenters. The quantitative estimate of drug-likeness (QED) is 0.373. The fourth-order valence-corrected chi connectivity index (χ4v) is 6.23. The molecule has 0 unspecified atom stereocenters. The molecule has 0 aromatic heterocycles. The van der Waals surface area contributed by atoms with Gasteiger partial charge >= 0.3 is 0 Å². The minimum atomic E-state index is -3.98. The van der Waals surface area contributed by atoms with E-state index < -0.39 is 10.0 Å². The van der Waals surface area contributed by atoms with Crippen LogP contribution in [0.5, 0.6) is 11.5 Å². The number of ether oxygens (including phenoxy) is 2. The first kappa shape index (κ1) is 25.9. The minimum absolute atomic E-state index is 0.111. The van der Waals surface area contributed by atoms with Gasteiger partial charge < -0.3 is 14.8 Å². The third kappa shape index (κ3) is 6.53. The number of anilines is 1. The van der Waals surface area contributed by atoms with Crippen molar-refractivity contribution >= 4 is 33.4 Å². The van der Waals surface area contributed by atoms with Crippen molar-refractivity contribution < 1.29 is 22.7 Å². The molecule has 0 saturated heterocycles. The van der Waals surface area contributed by atoms with Crippen molar-refractivity contribution in [1.82, 2.24) is 5.32 Å². The number of carbonyl (C=O) groups is 1. The van der Waals surface area contributed by atoms with Crippen LogP contribution in [0.25, 0.3) is 0 Å². The zero-order valence-electron chi connectivity index (χ0n) is 20.2. The van der Waals surface area contributed by atoms with Gasteiger partial charge in [0.1, 0.15) is 19.8 Å². The van der Waals surface area contributed by atoms with E-state index in [1.807, 2.05) is 23.9 Å². The highest BCUT2D eigenvalue weighted by molar-refractivity contribution is 7.98. The molecule has 0 radical (unpaired) electrons. The lowest BCUT2D eigenvalue weighted by atomic mass is 10.1. The van der Waals surface area contributed by atoms with E-state index >= 15 is 0 Å². The Morgan fingerprint density at radius 3 is 2.47 bits per heavy atom. The highest BCUT2D eigenvalue weighted by Crippen LogP contribution is 2.35. The number of aryl methyl sites for hydroxylation is 1. The Labute approximate surface area is 216 Å². The molecular formula is C27H30N2O5S2.